The van der Waals surface area contributed by atoms with Crippen molar-refractivity contribution in [3.8, 4) is 0 Å². The highest BCUT2D eigenvalue weighted by Gasteiger charge is 2.54. The maximum atomic E-state index is 13.1. The van der Waals surface area contributed by atoms with Crippen LogP contribution in [-0.2, 0) is 21.5 Å². The Kier molecular flexibility index (Phi) is 4.89. The van der Waals surface area contributed by atoms with Crippen molar-refractivity contribution in [3.05, 3.63) is 56.7 Å². The molecule has 8 heteroatoms. The van der Waals surface area contributed by atoms with E-state index in [9.17, 15) is 14.4 Å². The van der Waals surface area contributed by atoms with Crippen molar-refractivity contribution in [1.29, 1.82) is 0 Å². The zero-order valence-electron chi connectivity index (χ0n) is 15.3. The summed E-state index contributed by atoms with van der Waals surface area (Å²) in [4.78, 5) is 40.3. The number of benzene rings is 1. The molecule has 1 saturated heterocycles. The number of amides is 4. The van der Waals surface area contributed by atoms with Gasteiger partial charge in [0.25, 0.3) is 5.91 Å². The highest BCUT2D eigenvalue weighted by Crippen LogP contribution is 2.42. The van der Waals surface area contributed by atoms with E-state index in [1.165, 1.54) is 0 Å². The molecule has 0 unspecified atom stereocenters. The van der Waals surface area contributed by atoms with Crippen molar-refractivity contribution in [3.63, 3.8) is 0 Å². The summed E-state index contributed by atoms with van der Waals surface area (Å²) in [6.07, 6.45) is 2.29. The van der Waals surface area contributed by atoms with E-state index in [4.69, 9.17) is 11.6 Å². The van der Waals surface area contributed by atoms with Crippen molar-refractivity contribution in [2.45, 2.75) is 37.8 Å². The summed E-state index contributed by atoms with van der Waals surface area (Å²) in [5.41, 5.74) is 0.700. The monoisotopic (exact) mass is 417 g/mol. The molecule has 6 nitrogen and oxygen atoms in total. The second-order valence-electron chi connectivity index (χ2n) is 7.18. The van der Waals surface area contributed by atoms with E-state index in [-0.39, 0.29) is 18.5 Å². The molecule has 1 spiro atoms. The molecule has 1 aliphatic heterocycles. The van der Waals surface area contributed by atoms with Gasteiger partial charge in [-0.3, -0.25) is 14.5 Å². The lowest BCUT2D eigenvalue weighted by Crippen LogP contribution is -2.47. The Morgan fingerprint density at radius 2 is 2.21 bits per heavy atom. The molecule has 2 aliphatic rings. The number of rotatable bonds is 4. The van der Waals surface area contributed by atoms with Crippen LogP contribution in [0.25, 0.3) is 0 Å². The number of aryl methyl sites for hydroxylation is 1. The summed E-state index contributed by atoms with van der Waals surface area (Å²) in [6, 6.07) is 8.30. The van der Waals surface area contributed by atoms with Gasteiger partial charge in [0.15, 0.2) is 0 Å². The standard InChI is InChI=1S/C20H20ClN3O3S/c1-12(13-4-2-5-14(21)10-13)22-17(25)11-24-18(26)20(23-19(24)27)8-3-6-16-15(20)7-9-28-16/h2,4-5,7,9-10,12H,3,6,8,11H2,1H3,(H,22,25)(H,23,27)/t12-,20+/m1/s1. The Labute approximate surface area is 171 Å². The lowest BCUT2D eigenvalue weighted by atomic mass is 9.80. The van der Waals surface area contributed by atoms with Crippen molar-refractivity contribution in [2.24, 2.45) is 0 Å². The van der Waals surface area contributed by atoms with Crippen molar-refractivity contribution < 1.29 is 14.4 Å². The van der Waals surface area contributed by atoms with E-state index in [0.29, 0.717) is 11.4 Å². The number of halogens is 1. The maximum Gasteiger partial charge on any atom is 0.325 e. The normalized spacial score (nSPS) is 22.1. The highest BCUT2D eigenvalue weighted by atomic mass is 35.5. The number of nitrogens with one attached hydrogen (secondary N) is 2. The van der Waals surface area contributed by atoms with Crippen molar-refractivity contribution in [1.82, 2.24) is 15.5 Å². The Hall–Kier alpha value is -2.38. The van der Waals surface area contributed by atoms with Crippen LogP contribution in [0.15, 0.2) is 35.7 Å². The predicted molar refractivity (Wildman–Crippen MR) is 107 cm³/mol. The number of thiophene rings is 1. The van der Waals surface area contributed by atoms with Gasteiger partial charge in [0.2, 0.25) is 5.91 Å². The number of hydrogen-bond donors (Lipinski definition) is 2. The SMILES string of the molecule is C[C@@H](NC(=O)CN1C(=O)N[C@]2(CCCc3sccc32)C1=O)c1cccc(Cl)c1. The summed E-state index contributed by atoms with van der Waals surface area (Å²) in [6.45, 7) is 1.52. The molecule has 4 rings (SSSR count). The topological polar surface area (TPSA) is 78.5 Å². The molecule has 1 fully saturated rings. The summed E-state index contributed by atoms with van der Waals surface area (Å²) in [5.74, 6) is -0.739. The minimum absolute atomic E-state index is 0.293. The molecule has 4 amide bonds. The number of carbonyl (C=O) groups is 3. The quantitative estimate of drug-likeness (QED) is 0.748. The van der Waals surface area contributed by atoms with Crippen LogP contribution in [0, 0.1) is 0 Å². The summed E-state index contributed by atoms with van der Waals surface area (Å²) in [7, 11) is 0. The number of imide groups is 1. The van der Waals surface area contributed by atoms with E-state index in [2.05, 4.69) is 10.6 Å². The third kappa shape index (κ3) is 3.18. The first-order chi connectivity index (χ1) is 13.4. The Bertz CT molecular complexity index is 960. The van der Waals surface area contributed by atoms with E-state index >= 15 is 0 Å². The van der Waals surface area contributed by atoms with Crippen LogP contribution in [0.1, 0.15) is 41.8 Å². The van der Waals surface area contributed by atoms with Gasteiger partial charge in [-0.25, -0.2) is 4.79 Å². The largest absolute Gasteiger partial charge is 0.348 e. The first-order valence-electron chi connectivity index (χ1n) is 9.16. The average Bonchev–Trinajstić information content (AvgIpc) is 3.22. The molecule has 146 valence electrons. The van der Waals surface area contributed by atoms with Crippen LogP contribution in [0.5, 0.6) is 0 Å². The fourth-order valence-electron chi connectivity index (χ4n) is 3.97. The molecule has 0 saturated carbocycles. The van der Waals surface area contributed by atoms with Crippen molar-refractivity contribution in [2.75, 3.05) is 6.54 Å². The predicted octanol–water partition coefficient (Wildman–Crippen LogP) is 3.36. The third-order valence-electron chi connectivity index (χ3n) is 5.36. The molecule has 2 atom stereocenters. The average molecular weight is 418 g/mol. The third-order valence-corrected chi connectivity index (χ3v) is 6.58. The van der Waals surface area contributed by atoms with Gasteiger partial charge in [-0.2, -0.15) is 0 Å². The lowest BCUT2D eigenvalue weighted by molar-refractivity contribution is -0.135. The smallest absolute Gasteiger partial charge is 0.325 e. The van der Waals surface area contributed by atoms with Gasteiger partial charge >= 0.3 is 6.03 Å². The Balaban J connectivity index is 1.48. The van der Waals surface area contributed by atoms with Crippen LogP contribution in [-0.4, -0.2) is 29.3 Å². The second-order valence-corrected chi connectivity index (χ2v) is 8.62. The number of carbonyl (C=O) groups excluding carboxylic acids is 3. The maximum absolute atomic E-state index is 13.1. The van der Waals surface area contributed by atoms with Crippen molar-refractivity contribution >= 4 is 40.8 Å². The Morgan fingerprint density at radius 3 is 3.00 bits per heavy atom. The molecule has 0 bridgehead atoms. The molecule has 0 radical (unpaired) electrons. The molecule has 28 heavy (non-hydrogen) atoms. The summed E-state index contributed by atoms with van der Waals surface area (Å²) in [5, 5.41) is 8.21. The van der Waals surface area contributed by atoms with Gasteiger partial charge in [-0.05, 0) is 55.3 Å². The van der Waals surface area contributed by atoms with Gasteiger partial charge in [0, 0.05) is 15.5 Å². The van der Waals surface area contributed by atoms with E-state index in [0.717, 1.165) is 33.7 Å². The molecule has 1 aromatic carbocycles. The van der Waals surface area contributed by atoms with E-state index in [1.807, 2.05) is 30.5 Å². The van der Waals surface area contributed by atoms with E-state index < -0.39 is 17.5 Å². The lowest BCUT2D eigenvalue weighted by Gasteiger charge is -2.31. The molecule has 2 aromatic rings. The van der Waals surface area contributed by atoms with Gasteiger partial charge < -0.3 is 10.6 Å². The fourth-order valence-corrected chi connectivity index (χ4v) is 5.17. The molecule has 2 heterocycles. The van der Waals surface area contributed by atoms with Gasteiger partial charge in [0.1, 0.15) is 12.1 Å². The van der Waals surface area contributed by atoms with Crippen LogP contribution in [0.2, 0.25) is 5.02 Å². The second kappa shape index (κ2) is 7.22. The first kappa shape index (κ1) is 19.0. The molecule has 1 aromatic heterocycles. The Morgan fingerprint density at radius 1 is 1.39 bits per heavy atom. The molecule has 2 N–H and O–H groups in total. The zero-order valence-corrected chi connectivity index (χ0v) is 16.9. The minimum Gasteiger partial charge on any atom is -0.348 e. The summed E-state index contributed by atoms with van der Waals surface area (Å²) < 4.78 is 0. The molecular weight excluding hydrogens is 398 g/mol. The number of fused-ring (bicyclic) bond motifs is 2. The minimum atomic E-state index is -1.02. The highest BCUT2D eigenvalue weighted by molar-refractivity contribution is 7.10. The first-order valence-corrected chi connectivity index (χ1v) is 10.4. The van der Waals surface area contributed by atoms with Gasteiger partial charge in [-0.15, -0.1) is 11.3 Å². The number of urea groups is 1. The van der Waals surface area contributed by atoms with Gasteiger partial charge in [-0.1, -0.05) is 23.7 Å². The number of nitrogens with zero attached hydrogens (tertiary/aromatic N) is 1. The summed E-state index contributed by atoms with van der Waals surface area (Å²) >= 11 is 7.60. The number of hydrogen-bond acceptors (Lipinski definition) is 4. The van der Waals surface area contributed by atoms with E-state index in [1.54, 1.807) is 23.5 Å². The van der Waals surface area contributed by atoms with Crippen LogP contribution < -0.4 is 10.6 Å². The zero-order chi connectivity index (χ0) is 19.9. The van der Waals surface area contributed by atoms with Crippen LogP contribution in [0.3, 0.4) is 0 Å². The van der Waals surface area contributed by atoms with Crippen LogP contribution >= 0.6 is 22.9 Å². The van der Waals surface area contributed by atoms with Gasteiger partial charge in [0.05, 0.1) is 6.04 Å². The molecule has 1 aliphatic carbocycles. The fraction of sp³-hybridized carbons (Fsp3) is 0.350. The van der Waals surface area contributed by atoms with Crippen LogP contribution in [0.4, 0.5) is 4.79 Å². The molecular formula is C20H20ClN3O3S.